The molecule has 2 N–H and O–H groups in total. The van der Waals surface area contributed by atoms with E-state index in [1.165, 1.54) is 18.3 Å². The van der Waals surface area contributed by atoms with Gasteiger partial charge in [0, 0.05) is 32.9 Å². The van der Waals surface area contributed by atoms with Gasteiger partial charge in [0.2, 0.25) is 0 Å². The van der Waals surface area contributed by atoms with E-state index in [2.05, 4.69) is 11.1 Å². The minimum Gasteiger partial charge on any atom is -0.396 e. The van der Waals surface area contributed by atoms with E-state index in [0.717, 1.165) is 5.56 Å². The molecule has 5 nitrogen and oxygen atoms in total. The van der Waals surface area contributed by atoms with Gasteiger partial charge < -0.3 is 10.6 Å². The van der Waals surface area contributed by atoms with E-state index in [4.69, 9.17) is 5.73 Å². The fourth-order valence-electron chi connectivity index (χ4n) is 1.90. The number of Topliss-reactive ketones (excluding diaryl/α,β-unsaturated/α-hetero) is 1. The first kappa shape index (κ1) is 14.0. The highest BCUT2D eigenvalue weighted by Gasteiger charge is 2.21. The van der Waals surface area contributed by atoms with E-state index in [-0.39, 0.29) is 11.5 Å². The molecular weight excluding hydrogens is 272 g/mol. The number of nitrogens with two attached hydrogens (primary N) is 1. The van der Waals surface area contributed by atoms with Gasteiger partial charge in [-0.3, -0.25) is 9.78 Å². The van der Waals surface area contributed by atoms with Crippen molar-refractivity contribution in [3.63, 3.8) is 0 Å². The minimum absolute atomic E-state index is 0.118. The van der Waals surface area contributed by atoms with Gasteiger partial charge in [0.25, 0.3) is 0 Å². The number of hydrogen-bond donors (Lipinski definition) is 1. The molecule has 0 aliphatic carbocycles. The number of rotatable bonds is 4. The van der Waals surface area contributed by atoms with Crippen molar-refractivity contribution in [2.75, 3.05) is 17.7 Å². The molecule has 6 heteroatoms. The standard InChI is InChI=1S/C14H14N4OS/c1-9(19)13-12(16)11(7-15)14(20-13)18(2)8-10-3-5-17-6-4-10/h3-6H,8,16H2,1-2H3. The molecule has 0 atom stereocenters. The van der Waals surface area contributed by atoms with Crippen molar-refractivity contribution in [2.24, 2.45) is 0 Å². The monoisotopic (exact) mass is 286 g/mol. The molecule has 0 fully saturated rings. The maximum absolute atomic E-state index is 11.5. The van der Waals surface area contributed by atoms with Gasteiger partial charge in [-0.15, -0.1) is 11.3 Å². The molecule has 2 aromatic rings. The molecule has 2 rings (SSSR count). The van der Waals surface area contributed by atoms with Crippen molar-refractivity contribution in [3.8, 4) is 6.07 Å². The van der Waals surface area contributed by atoms with Gasteiger partial charge >= 0.3 is 0 Å². The van der Waals surface area contributed by atoms with Crippen LogP contribution in [0.4, 0.5) is 10.7 Å². The minimum atomic E-state index is -0.118. The van der Waals surface area contributed by atoms with Crippen LogP contribution in [-0.4, -0.2) is 17.8 Å². The van der Waals surface area contributed by atoms with Gasteiger partial charge in [-0.25, -0.2) is 0 Å². The summed E-state index contributed by atoms with van der Waals surface area (Å²) in [4.78, 5) is 17.9. The molecule has 20 heavy (non-hydrogen) atoms. The summed E-state index contributed by atoms with van der Waals surface area (Å²) in [6, 6.07) is 5.90. The molecule has 2 heterocycles. The number of aromatic nitrogens is 1. The third-order valence-corrected chi connectivity index (χ3v) is 4.29. The molecule has 2 aromatic heterocycles. The molecule has 0 aliphatic heterocycles. The van der Waals surface area contributed by atoms with Crippen molar-refractivity contribution in [3.05, 3.63) is 40.5 Å². The molecule has 0 aliphatic rings. The molecule has 0 amide bonds. The van der Waals surface area contributed by atoms with Gasteiger partial charge in [0.05, 0.1) is 10.6 Å². The van der Waals surface area contributed by atoms with E-state index < -0.39 is 0 Å². The Hall–Kier alpha value is -2.39. The van der Waals surface area contributed by atoms with Crippen molar-refractivity contribution >= 4 is 27.8 Å². The molecule has 0 bridgehead atoms. The zero-order chi connectivity index (χ0) is 14.7. The number of anilines is 2. The normalized spacial score (nSPS) is 10.1. The van der Waals surface area contributed by atoms with Crippen LogP contribution < -0.4 is 10.6 Å². The van der Waals surface area contributed by atoms with Crippen LogP contribution in [-0.2, 0) is 6.54 Å². The van der Waals surface area contributed by atoms with Crippen LogP contribution in [0.15, 0.2) is 24.5 Å². The lowest BCUT2D eigenvalue weighted by molar-refractivity contribution is 0.102. The topological polar surface area (TPSA) is 83.0 Å². The SMILES string of the molecule is CC(=O)c1sc(N(C)Cc2ccncc2)c(C#N)c1N. The third kappa shape index (κ3) is 2.63. The Bertz CT molecular complexity index is 672. The van der Waals surface area contributed by atoms with E-state index in [1.807, 2.05) is 24.1 Å². The number of pyridine rings is 1. The Kier molecular flexibility index (Phi) is 4.01. The number of carbonyl (C=O) groups excluding carboxylic acids is 1. The first-order valence-electron chi connectivity index (χ1n) is 5.98. The number of hydrogen-bond acceptors (Lipinski definition) is 6. The molecule has 0 spiro atoms. The molecule has 0 saturated heterocycles. The van der Waals surface area contributed by atoms with Crippen LogP contribution in [0, 0.1) is 11.3 Å². The Morgan fingerprint density at radius 2 is 2.15 bits per heavy atom. The van der Waals surface area contributed by atoms with Crippen LogP contribution in [0.25, 0.3) is 0 Å². The van der Waals surface area contributed by atoms with Gasteiger partial charge in [-0.05, 0) is 17.7 Å². The van der Waals surface area contributed by atoms with Crippen LogP contribution in [0.5, 0.6) is 0 Å². The Morgan fingerprint density at radius 1 is 1.50 bits per heavy atom. The highest BCUT2D eigenvalue weighted by molar-refractivity contribution is 7.19. The molecular formula is C14H14N4OS. The number of nitriles is 1. The number of nitrogen functional groups attached to an aromatic ring is 1. The number of carbonyl (C=O) groups is 1. The Labute approximate surface area is 121 Å². The summed E-state index contributed by atoms with van der Waals surface area (Å²) in [5, 5.41) is 9.95. The van der Waals surface area contributed by atoms with Crippen molar-refractivity contribution in [1.29, 1.82) is 5.26 Å². The maximum atomic E-state index is 11.5. The highest BCUT2D eigenvalue weighted by atomic mass is 32.1. The zero-order valence-electron chi connectivity index (χ0n) is 11.3. The number of thiophene rings is 1. The lowest BCUT2D eigenvalue weighted by atomic mass is 10.2. The highest BCUT2D eigenvalue weighted by Crippen LogP contribution is 2.37. The first-order chi connectivity index (χ1) is 9.54. The third-order valence-electron chi connectivity index (χ3n) is 2.87. The summed E-state index contributed by atoms with van der Waals surface area (Å²) in [5.74, 6) is -0.118. The summed E-state index contributed by atoms with van der Waals surface area (Å²) in [5.41, 5.74) is 7.60. The van der Waals surface area contributed by atoms with Crippen molar-refractivity contribution in [1.82, 2.24) is 4.98 Å². The average Bonchev–Trinajstić information content (AvgIpc) is 2.77. The number of nitrogens with zero attached hydrogens (tertiary/aromatic N) is 3. The molecule has 0 radical (unpaired) electrons. The number of ketones is 1. The van der Waals surface area contributed by atoms with Crippen LogP contribution in [0.3, 0.4) is 0 Å². The average molecular weight is 286 g/mol. The van der Waals surface area contributed by atoms with Crippen LogP contribution >= 0.6 is 11.3 Å². The van der Waals surface area contributed by atoms with Gasteiger partial charge in [0.1, 0.15) is 16.6 Å². The van der Waals surface area contributed by atoms with Crippen molar-refractivity contribution < 1.29 is 4.79 Å². The predicted octanol–water partition coefficient (Wildman–Crippen LogP) is 2.44. The molecule has 0 aromatic carbocycles. The zero-order valence-corrected chi connectivity index (χ0v) is 12.1. The van der Waals surface area contributed by atoms with Crippen LogP contribution in [0.1, 0.15) is 27.7 Å². The van der Waals surface area contributed by atoms with Crippen molar-refractivity contribution in [2.45, 2.75) is 13.5 Å². The summed E-state index contributed by atoms with van der Waals surface area (Å²) in [6.45, 7) is 2.07. The van der Waals surface area contributed by atoms with E-state index in [0.29, 0.717) is 22.0 Å². The lowest BCUT2D eigenvalue weighted by Gasteiger charge is -2.17. The molecule has 0 unspecified atom stereocenters. The second-order valence-electron chi connectivity index (χ2n) is 4.40. The second-order valence-corrected chi connectivity index (χ2v) is 5.40. The summed E-state index contributed by atoms with van der Waals surface area (Å²) in [7, 11) is 1.87. The lowest BCUT2D eigenvalue weighted by Crippen LogP contribution is -2.16. The quantitative estimate of drug-likeness (QED) is 0.873. The summed E-state index contributed by atoms with van der Waals surface area (Å²) >= 11 is 1.26. The van der Waals surface area contributed by atoms with Gasteiger partial charge in [-0.2, -0.15) is 5.26 Å². The van der Waals surface area contributed by atoms with Gasteiger partial charge in [-0.1, -0.05) is 0 Å². The van der Waals surface area contributed by atoms with Crippen LogP contribution in [0.2, 0.25) is 0 Å². The predicted molar refractivity (Wildman–Crippen MR) is 79.8 cm³/mol. The smallest absolute Gasteiger partial charge is 0.171 e. The fraction of sp³-hybridized carbons (Fsp3) is 0.214. The van der Waals surface area contributed by atoms with E-state index in [9.17, 15) is 10.1 Å². The maximum Gasteiger partial charge on any atom is 0.171 e. The second kappa shape index (κ2) is 5.72. The van der Waals surface area contributed by atoms with E-state index in [1.54, 1.807) is 12.4 Å². The Balaban J connectivity index is 2.35. The largest absolute Gasteiger partial charge is 0.396 e. The summed E-state index contributed by atoms with van der Waals surface area (Å²) in [6.07, 6.45) is 3.44. The Morgan fingerprint density at radius 3 is 2.70 bits per heavy atom. The van der Waals surface area contributed by atoms with Gasteiger partial charge in [0.15, 0.2) is 5.78 Å². The molecule has 0 saturated carbocycles. The molecule has 102 valence electrons. The summed E-state index contributed by atoms with van der Waals surface area (Å²) < 4.78 is 0. The fourth-order valence-corrected chi connectivity index (χ4v) is 2.93. The van der Waals surface area contributed by atoms with E-state index >= 15 is 0 Å². The first-order valence-corrected chi connectivity index (χ1v) is 6.79.